The molecule has 0 spiro atoms. The van der Waals surface area contributed by atoms with Crippen LogP contribution in [0.15, 0.2) is 12.4 Å². The molecular weight excluding hydrogens is 246 g/mol. The Balaban J connectivity index is 2.82. The number of nitrogens with one attached hydrogen (secondary N) is 2. The molecule has 0 aromatic carbocycles. The van der Waals surface area contributed by atoms with E-state index in [-0.39, 0.29) is 11.6 Å². The van der Waals surface area contributed by atoms with E-state index in [0.717, 1.165) is 0 Å². The summed E-state index contributed by atoms with van der Waals surface area (Å²) >= 11 is 0. The molecule has 1 heterocycles. The second-order valence-electron chi connectivity index (χ2n) is 4.42. The summed E-state index contributed by atoms with van der Waals surface area (Å²) in [5, 5.41) is 5.51. The molecule has 2 amide bonds. The average molecular weight is 265 g/mol. The zero-order valence-corrected chi connectivity index (χ0v) is 11.3. The molecule has 0 aliphatic rings. The van der Waals surface area contributed by atoms with Crippen LogP contribution in [0.4, 0.5) is 5.82 Å². The molecule has 1 unspecified atom stereocenters. The van der Waals surface area contributed by atoms with E-state index in [0.29, 0.717) is 12.4 Å². The van der Waals surface area contributed by atoms with Gasteiger partial charge in [-0.15, -0.1) is 0 Å². The quantitative estimate of drug-likeness (QED) is 0.678. The molecule has 1 atom stereocenters. The fraction of sp³-hybridized carbons (Fsp3) is 0.500. The average Bonchev–Trinajstić information content (AvgIpc) is 2.35. The SMILES string of the molecule is CCNc1cncc(C(=O)NC(C(N)=O)C(C)C)n1. The molecule has 4 N–H and O–H groups in total. The summed E-state index contributed by atoms with van der Waals surface area (Å²) < 4.78 is 0. The van der Waals surface area contributed by atoms with E-state index in [4.69, 9.17) is 5.73 Å². The molecule has 0 fully saturated rings. The van der Waals surface area contributed by atoms with Gasteiger partial charge in [-0.1, -0.05) is 13.8 Å². The van der Waals surface area contributed by atoms with Crippen molar-refractivity contribution in [3.05, 3.63) is 18.1 Å². The Hall–Kier alpha value is -2.18. The first-order valence-electron chi connectivity index (χ1n) is 6.11. The van der Waals surface area contributed by atoms with Crippen LogP contribution in [0.3, 0.4) is 0 Å². The Morgan fingerprint density at radius 2 is 2.05 bits per heavy atom. The van der Waals surface area contributed by atoms with Crippen molar-refractivity contribution in [2.75, 3.05) is 11.9 Å². The fourth-order valence-corrected chi connectivity index (χ4v) is 1.52. The zero-order chi connectivity index (χ0) is 14.4. The highest BCUT2D eigenvalue weighted by Gasteiger charge is 2.23. The van der Waals surface area contributed by atoms with E-state index >= 15 is 0 Å². The van der Waals surface area contributed by atoms with Gasteiger partial charge in [0.2, 0.25) is 5.91 Å². The first-order valence-corrected chi connectivity index (χ1v) is 6.11. The summed E-state index contributed by atoms with van der Waals surface area (Å²) in [6.45, 7) is 6.19. The summed E-state index contributed by atoms with van der Waals surface area (Å²) in [4.78, 5) is 31.2. The Labute approximate surface area is 112 Å². The number of rotatable bonds is 6. The van der Waals surface area contributed by atoms with Crippen LogP contribution < -0.4 is 16.4 Å². The summed E-state index contributed by atoms with van der Waals surface area (Å²) in [6, 6.07) is -0.725. The predicted molar refractivity (Wildman–Crippen MR) is 71.5 cm³/mol. The minimum Gasteiger partial charge on any atom is -0.369 e. The third-order valence-electron chi connectivity index (χ3n) is 2.48. The lowest BCUT2D eigenvalue weighted by Gasteiger charge is -2.18. The van der Waals surface area contributed by atoms with E-state index in [1.165, 1.54) is 12.4 Å². The monoisotopic (exact) mass is 265 g/mol. The number of aromatic nitrogens is 2. The van der Waals surface area contributed by atoms with Gasteiger partial charge in [0.25, 0.3) is 5.91 Å². The van der Waals surface area contributed by atoms with Gasteiger partial charge in [-0.25, -0.2) is 4.98 Å². The van der Waals surface area contributed by atoms with E-state index in [9.17, 15) is 9.59 Å². The summed E-state index contributed by atoms with van der Waals surface area (Å²) in [7, 11) is 0. The van der Waals surface area contributed by atoms with Crippen LogP contribution in [0.25, 0.3) is 0 Å². The van der Waals surface area contributed by atoms with Crippen molar-refractivity contribution in [3.8, 4) is 0 Å². The highest BCUT2D eigenvalue weighted by atomic mass is 16.2. The zero-order valence-electron chi connectivity index (χ0n) is 11.3. The second kappa shape index (κ2) is 6.67. The maximum absolute atomic E-state index is 12.0. The standard InChI is InChI=1S/C12H19N5O2/c1-4-15-9-6-14-5-8(16-9)12(19)17-10(7(2)3)11(13)18/h5-7,10H,4H2,1-3H3,(H2,13,18)(H,15,16)(H,17,19). The molecule has 0 saturated heterocycles. The van der Waals surface area contributed by atoms with Gasteiger partial charge >= 0.3 is 0 Å². The number of primary amides is 1. The van der Waals surface area contributed by atoms with Gasteiger partial charge in [0.05, 0.1) is 12.4 Å². The molecule has 0 saturated carbocycles. The number of hydrogen-bond donors (Lipinski definition) is 3. The van der Waals surface area contributed by atoms with E-state index < -0.39 is 17.9 Å². The lowest BCUT2D eigenvalue weighted by atomic mass is 10.0. The van der Waals surface area contributed by atoms with Crippen LogP contribution in [0, 0.1) is 5.92 Å². The van der Waals surface area contributed by atoms with Gasteiger partial charge < -0.3 is 16.4 Å². The maximum Gasteiger partial charge on any atom is 0.272 e. The van der Waals surface area contributed by atoms with Gasteiger partial charge in [-0.2, -0.15) is 0 Å². The minimum absolute atomic E-state index is 0.0913. The van der Waals surface area contributed by atoms with Crippen LogP contribution in [-0.2, 0) is 4.79 Å². The number of carbonyl (C=O) groups is 2. The van der Waals surface area contributed by atoms with Gasteiger partial charge in [0.15, 0.2) is 0 Å². The highest BCUT2D eigenvalue weighted by Crippen LogP contribution is 2.05. The van der Waals surface area contributed by atoms with Crippen molar-refractivity contribution < 1.29 is 9.59 Å². The Bertz CT molecular complexity index is 461. The number of nitrogens with two attached hydrogens (primary N) is 1. The lowest BCUT2D eigenvalue weighted by Crippen LogP contribution is -2.47. The highest BCUT2D eigenvalue weighted by molar-refractivity contribution is 5.95. The van der Waals surface area contributed by atoms with Crippen LogP contribution >= 0.6 is 0 Å². The first-order chi connectivity index (χ1) is 8.95. The fourth-order valence-electron chi connectivity index (χ4n) is 1.52. The number of hydrogen-bond acceptors (Lipinski definition) is 5. The maximum atomic E-state index is 12.0. The molecule has 7 nitrogen and oxygen atoms in total. The van der Waals surface area contributed by atoms with Crippen LogP contribution in [0.5, 0.6) is 0 Å². The van der Waals surface area contributed by atoms with Crippen LogP contribution in [0.1, 0.15) is 31.3 Å². The lowest BCUT2D eigenvalue weighted by molar-refractivity contribution is -0.120. The topological polar surface area (TPSA) is 110 Å². The Kier molecular flexibility index (Phi) is 5.23. The molecule has 0 aliphatic carbocycles. The smallest absolute Gasteiger partial charge is 0.272 e. The minimum atomic E-state index is -0.725. The van der Waals surface area contributed by atoms with Crippen molar-refractivity contribution in [3.63, 3.8) is 0 Å². The number of anilines is 1. The van der Waals surface area contributed by atoms with Gasteiger partial charge in [-0.3, -0.25) is 14.6 Å². The molecule has 0 radical (unpaired) electrons. The molecular formula is C12H19N5O2. The van der Waals surface area contributed by atoms with Crippen molar-refractivity contribution in [2.24, 2.45) is 11.7 Å². The van der Waals surface area contributed by atoms with E-state index in [2.05, 4.69) is 20.6 Å². The first kappa shape index (κ1) is 14.9. The molecule has 7 heteroatoms. The molecule has 0 aliphatic heterocycles. The van der Waals surface area contributed by atoms with Gasteiger partial charge in [-0.05, 0) is 12.8 Å². The molecule has 1 aromatic rings. The van der Waals surface area contributed by atoms with Crippen molar-refractivity contribution >= 4 is 17.6 Å². The molecule has 19 heavy (non-hydrogen) atoms. The van der Waals surface area contributed by atoms with E-state index in [1.54, 1.807) is 13.8 Å². The summed E-state index contributed by atoms with van der Waals surface area (Å²) in [5.74, 6) is -0.620. The van der Waals surface area contributed by atoms with Crippen LogP contribution in [-0.4, -0.2) is 34.4 Å². The number of carbonyl (C=O) groups excluding carboxylic acids is 2. The van der Waals surface area contributed by atoms with Crippen molar-refractivity contribution in [1.82, 2.24) is 15.3 Å². The number of nitrogens with zero attached hydrogens (tertiary/aromatic N) is 2. The van der Waals surface area contributed by atoms with Gasteiger partial charge in [0, 0.05) is 6.54 Å². The Morgan fingerprint density at radius 3 is 2.58 bits per heavy atom. The molecule has 104 valence electrons. The number of amides is 2. The summed E-state index contributed by atoms with van der Waals surface area (Å²) in [6.07, 6.45) is 2.86. The second-order valence-corrected chi connectivity index (χ2v) is 4.42. The van der Waals surface area contributed by atoms with E-state index in [1.807, 2.05) is 6.92 Å². The molecule has 1 aromatic heterocycles. The largest absolute Gasteiger partial charge is 0.369 e. The van der Waals surface area contributed by atoms with Crippen LogP contribution in [0.2, 0.25) is 0 Å². The Morgan fingerprint density at radius 1 is 1.37 bits per heavy atom. The van der Waals surface area contributed by atoms with Gasteiger partial charge in [0.1, 0.15) is 17.6 Å². The third-order valence-corrected chi connectivity index (χ3v) is 2.48. The molecule has 1 rings (SSSR count). The van der Waals surface area contributed by atoms with Crippen molar-refractivity contribution in [1.29, 1.82) is 0 Å². The third kappa shape index (κ3) is 4.20. The normalized spacial score (nSPS) is 12.0. The molecule has 0 bridgehead atoms. The summed E-state index contributed by atoms with van der Waals surface area (Å²) in [5.41, 5.74) is 5.38. The predicted octanol–water partition coefficient (Wildman–Crippen LogP) is 0.148. The van der Waals surface area contributed by atoms with Crippen molar-refractivity contribution in [2.45, 2.75) is 26.8 Å².